The summed E-state index contributed by atoms with van der Waals surface area (Å²) in [6, 6.07) is 8.33. The first-order chi connectivity index (χ1) is 9.77. The number of nitrogen functional groups attached to an aromatic ring is 1. The number of furan rings is 1. The van der Waals surface area contributed by atoms with Gasteiger partial charge in [-0.15, -0.1) is 0 Å². The molecule has 1 aromatic carbocycles. The second-order valence-electron chi connectivity index (χ2n) is 5.21. The fourth-order valence-electron chi connectivity index (χ4n) is 2.29. The van der Waals surface area contributed by atoms with Gasteiger partial charge in [0.05, 0.1) is 5.75 Å². The Morgan fingerprint density at radius 1 is 1.24 bits per heavy atom. The number of hydrogen-bond donors (Lipinski definition) is 2. The van der Waals surface area contributed by atoms with Gasteiger partial charge in [0.15, 0.2) is 0 Å². The van der Waals surface area contributed by atoms with Gasteiger partial charge in [0, 0.05) is 17.3 Å². The van der Waals surface area contributed by atoms with Gasteiger partial charge in [-0.3, -0.25) is 0 Å². The third kappa shape index (κ3) is 4.09. The Hall–Kier alpha value is -1.79. The van der Waals surface area contributed by atoms with Crippen molar-refractivity contribution >= 4 is 15.7 Å². The van der Waals surface area contributed by atoms with Gasteiger partial charge in [-0.1, -0.05) is 12.1 Å². The highest BCUT2D eigenvalue weighted by Crippen LogP contribution is 2.22. The zero-order valence-corrected chi connectivity index (χ0v) is 13.2. The molecular weight excluding hydrogens is 288 g/mol. The molecule has 0 saturated heterocycles. The Morgan fingerprint density at radius 2 is 1.86 bits per heavy atom. The second kappa shape index (κ2) is 5.91. The molecule has 5 nitrogen and oxygen atoms in total. The van der Waals surface area contributed by atoms with E-state index >= 15 is 0 Å². The van der Waals surface area contributed by atoms with Crippen LogP contribution in [-0.4, -0.2) is 8.42 Å². The Kier molecular flexibility index (Phi) is 4.39. The molecule has 0 bridgehead atoms. The topological polar surface area (TPSA) is 85.3 Å². The summed E-state index contributed by atoms with van der Waals surface area (Å²) in [5.41, 5.74) is 7.76. The van der Waals surface area contributed by atoms with Crippen molar-refractivity contribution in [1.29, 1.82) is 0 Å². The number of sulfonamides is 1. The van der Waals surface area contributed by atoms with Gasteiger partial charge in [0.1, 0.15) is 11.5 Å². The molecule has 1 atom stereocenters. The van der Waals surface area contributed by atoms with Crippen LogP contribution in [0.3, 0.4) is 0 Å². The van der Waals surface area contributed by atoms with Crippen molar-refractivity contribution in [2.45, 2.75) is 32.6 Å². The zero-order chi connectivity index (χ0) is 15.6. The highest BCUT2D eigenvalue weighted by atomic mass is 32.2. The molecule has 3 N–H and O–H groups in total. The first-order valence-corrected chi connectivity index (χ1v) is 8.33. The van der Waals surface area contributed by atoms with Crippen LogP contribution in [0.5, 0.6) is 0 Å². The molecule has 0 aliphatic rings. The summed E-state index contributed by atoms with van der Waals surface area (Å²) in [6.07, 6.45) is 0. The predicted molar refractivity (Wildman–Crippen MR) is 83.2 cm³/mol. The van der Waals surface area contributed by atoms with Gasteiger partial charge < -0.3 is 10.2 Å². The first kappa shape index (κ1) is 15.6. The molecular formula is C15H20N2O3S. The lowest BCUT2D eigenvalue weighted by Gasteiger charge is -2.13. The highest BCUT2D eigenvalue weighted by molar-refractivity contribution is 7.88. The molecule has 0 spiro atoms. The number of rotatable bonds is 5. The van der Waals surface area contributed by atoms with Crippen LogP contribution in [0.2, 0.25) is 0 Å². The summed E-state index contributed by atoms with van der Waals surface area (Å²) in [7, 11) is -3.43. The smallest absolute Gasteiger partial charge is 0.216 e. The number of aryl methyl sites for hydroxylation is 2. The predicted octanol–water partition coefficient (Wildman–Crippen LogP) is 2.66. The van der Waals surface area contributed by atoms with Gasteiger partial charge >= 0.3 is 0 Å². The largest absolute Gasteiger partial charge is 0.466 e. The lowest BCUT2D eigenvalue weighted by atomic mass is 10.1. The number of nitrogens with one attached hydrogen (secondary N) is 1. The summed E-state index contributed by atoms with van der Waals surface area (Å²) in [5, 5.41) is 0. The molecule has 21 heavy (non-hydrogen) atoms. The first-order valence-electron chi connectivity index (χ1n) is 6.68. The summed E-state index contributed by atoms with van der Waals surface area (Å²) >= 11 is 0. The van der Waals surface area contributed by atoms with E-state index < -0.39 is 10.0 Å². The fourth-order valence-corrected chi connectivity index (χ4v) is 3.67. The van der Waals surface area contributed by atoms with Crippen LogP contribution in [0, 0.1) is 13.8 Å². The Balaban J connectivity index is 2.10. The molecule has 2 aromatic rings. The van der Waals surface area contributed by atoms with Gasteiger partial charge in [-0.25, -0.2) is 13.1 Å². The van der Waals surface area contributed by atoms with Crippen molar-refractivity contribution in [1.82, 2.24) is 4.72 Å². The van der Waals surface area contributed by atoms with Gasteiger partial charge in [0.2, 0.25) is 10.0 Å². The standard InChI is InChI=1S/C15H20N2O3S/c1-10-8-15(12(3)20-10)11(2)17-21(18,19)9-13-4-6-14(16)7-5-13/h4-8,11,17H,9,16H2,1-3H3. The van der Waals surface area contributed by atoms with Crippen LogP contribution < -0.4 is 10.5 Å². The number of benzene rings is 1. The molecule has 0 aliphatic carbocycles. The zero-order valence-electron chi connectivity index (χ0n) is 12.4. The molecule has 6 heteroatoms. The summed E-state index contributed by atoms with van der Waals surface area (Å²) in [4.78, 5) is 0. The van der Waals surface area contributed by atoms with Crippen LogP contribution >= 0.6 is 0 Å². The fraction of sp³-hybridized carbons (Fsp3) is 0.333. The van der Waals surface area contributed by atoms with E-state index in [0.717, 1.165) is 17.1 Å². The van der Waals surface area contributed by atoms with Crippen LogP contribution in [0.25, 0.3) is 0 Å². The van der Waals surface area contributed by atoms with E-state index in [-0.39, 0.29) is 11.8 Å². The Morgan fingerprint density at radius 3 is 2.38 bits per heavy atom. The van der Waals surface area contributed by atoms with E-state index in [2.05, 4.69) is 4.72 Å². The van der Waals surface area contributed by atoms with E-state index in [1.165, 1.54) is 0 Å². The van der Waals surface area contributed by atoms with Crippen LogP contribution in [0.4, 0.5) is 5.69 Å². The summed E-state index contributed by atoms with van der Waals surface area (Å²) < 4.78 is 32.5. The Labute approximate surface area is 125 Å². The minimum Gasteiger partial charge on any atom is -0.466 e. The average Bonchev–Trinajstić information content (AvgIpc) is 2.70. The van der Waals surface area contributed by atoms with Crippen molar-refractivity contribution in [2.75, 3.05) is 5.73 Å². The molecule has 0 radical (unpaired) electrons. The van der Waals surface area contributed by atoms with Crippen LogP contribution in [-0.2, 0) is 15.8 Å². The van der Waals surface area contributed by atoms with Crippen molar-refractivity contribution in [3.63, 3.8) is 0 Å². The van der Waals surface area contributed by atoms with Gasteiger partial charge in [0.25, 0.3) is 0 Å². The monoisotopic (exact) mass is 308 g/mol. The molecule has 1 aromatic heterocycles. The van der Waals surface area contributed by atoms with E-state index in [0.29, 0.717) is 11.3 Å². The van der Waals surface area contributed by atoms with Crippen molar-refractivity contribution < 1.29 is 12.8 Å². The molecule has 1 unspecified atom stereocenters. The molecule has 2 rings (SSSR count). The minimum absolute atomic E-state index is 0.0759. The van der Waals surface area contributed by atoms with E-state index in [4.69, 9.17) is 10.2 Å². The summed E-state index contributed by atoms with van der Waals surface area (Å²) in [5.74, 6) is 1.43. The quantitative estimate of drug-likeness (QED) is 0.832. The maximum Gasteiger partial charge on any atom is 0.216 e. The number of anilines is 1. The molecule has 0 amide bonds. The van der Waals surface area contributed by atoms with Gasteiger partial charge in [-0.2, -0.15) is 0 Å². The van der Waals surface area contributed by atoms with E-state index in [1.807, 2.05) is 19.9 Å². The third-order valence-electron chi connectivity index (χ3n) is 3.24. The number of nitrogens with two attached hydrogens (primary N) is 1. The van der Waals surface area contributed by atoms with Crippen molar-refractivity contribution in [3.05, 3.63) is 53.0 Å². The van der Waals surface area contributed by atoms with Crippen LogP contribution in [0.15, 0.2) is 34.7 Å². The molecule has 0 aliphatic heterocycles. The maximum atomic E-state index is 12.2. The molecule has 0 saturated carbocycles. The Bertz CT molecular complexity index is 718. The van der Waals surface area contributed by atoms with E-state index in [9.17, 15) is 8.42 Å². The second-order valence-corrected chi connectivity index (χ2v) is 6.96. The minimum atomic E-state index is -3.43. The molecule has 114 valence electrons. The SMILES string of the molecule is Cc1cc(C(C)NS(=O)(=O)Cc2ccc(N)cc2)c(C)o1. The molecule has 0 fully saturated rings. The van der Waals surface area contributed by atoms with Crippen molar-refractivity contribution in [3.8, 4) is 0 Å². The average molecular weight is 308 g/mol. The van der Waals surface area contributed by atoms with Gasteiger partial charge in [-0.05, 0) is 44.5 Å². The third-order valence-corrected chi connectivity index (χ3v) is 4.66. The lowest BCUT2D eigenvalue weighted by molar-refractivity contribution is 0.496. The van der Waals surface area contributed by atoms with Crippen molar-refractivity contribution in [2.24, 2.45) is 0 Å². The molecule has 1 heterocycles. The van der Waals surface area contributed by atoms with Crippen LogP contribution in [0.1, 0.15) is 35.6 Å². The number of hydrogen-bond acceptors (Lipinski definition) is 4. The normalized spacial score (nSPS) is 13.3. The maximum absolute atomic E-state index is 12.2. The lowest BCUT2D eigenvalue weighted by Crippen LogP contribution is -2.28. The highest BCUT2D eigenvalue weighted by Gasteiger charge is 2.19. The van der Waals surface area contributed by atoms with E-state index in [1.54, 1.807) is 31.2 Å². The summed E-state index contributed by atoms with van der Waals surface area (Å²) in [6.45, 7) is 5.47.